The van der Waals surface area contributed by atoms with Crippen molar-refractivity contribution in [3.05, 3.63) is 194 Å². The lowest BCUT2D eigenvalue weighted by Crippen LogP contribution is -1.93. The van der Waals surface area contributed by atoms with Gasteiger partial charge in [-0.3, -0.25) is 0 Å². The zero-order valence-electron chi connectivity index (χ0n) is 29.4. The SMILES string of the molecule is c1ccc(-c2c3ccccc3nc3c2ccc2ccc(-c4ccc(-c5ccc6cc(-c7ccc8ccccc8c7)ccc6c5)c5ccccc45)nc23)cc1. The van der Waals surface area contributed by atoms with Gasteiger partial charge in [0.05, 0.1) is 22.2 Å². The number of hydrogen-bond acceptors (Lipinski definition) is 2. The van der Waals surface area contributed by atoms with Crippen LogP contribution < -0.4 is 0 Å². The van der Waals surface area contributed by atoms with Crippen LogP contribution in [-0.2, 0) is 0 Å². The van der Waals surface area contributed by atoms with Crippen LogP contribution in [0.5, 0.6) is 0 Å². The number of nitrogens with zero attached hydrogens (tertiary/aromatic N) is 2. The van der Waals surface area contributed by atoms with Crippen molar-refractivity contribution in [3.63, 3.8) is 0 Å². The van der Waals surface area contributed by atoms with Gasteiger partial charge in [-0.1, -0.05) is 164 Å². The van der Waals surface area contributed by atoms with Crippen LogP contribution in [0.25, 0.3) is 110 Å². The average molecular weight is 685 g/mol. The minimum absolute atomic E-state index is 0.915. The summed E-state index contributed by atoms with van der Waals surface area (Å²) >= 11 is 0. The molecule has 0 saturated carbocycles. The number of benzene rings is 9. The van der Waals surface area contributed by atoms with Crippen LogP contribution in [0.1, 0.15) is 0 Å². The van der Waals surface area contributed by atoms with Crippen molar-refractivity contribution in [2.45, 2.75) is 0 Å². The minimum Gasteiger partial charge on any atom is -0.245 e. The molecule has 0 radical (unpaired) electrons. The highest BCUT2D eigenvalue weighted by Gasteiger charge is 2.16. The molecule has 0 saturated heterocycles. The molecule has 0 amide bonds. The summed E-state index contributed by atoms with van der Waals surface area (Å²) in [4.78, 5) is 10.6. The molecule has 0 aliphatic rings. The number of para-hydroxylation sites is 1. The predicted octanol–water partition coefficient (Wildman–Crippen LogP) is 14.1. The Kier molecular flexibility index (Phi) is 6.90. The van der Waals surface area contributed by atoms with Gasteiger partial charge in [-0.15, -0.1) is 0 Å². The van der Waals surface area contributed by atoms with Gasteiger partial charge in [0, 0.05) is 27.3 Å². The second kappa shape index (κ2) is 12.2. The van der Waals surface area contributed by atoms with Crippen LogP contribution in [0, 0.1) is 0 Å². The zero-order valence-corrected chi connectivity index (χ0v) is 29.4. The molecule has 0 fully saturated rings. The van der Waals surface area contributed by atoms with Crippen LogP contribution in [0.2, 0.25) is 0 Å². The maximum Gasteiger partial charge on any atom is 0.0978 e. The zero-order chi connectivity index (χ0) is 35.6. The number of pyridine rings is 2. The molecule has 0 atom stereocenters. The summed E-state index contributed by atoms with van der Waals surface area (Å²) < 4.78 is 0. The summed E-state index contributed by atoms with van der Waals surface area (Å²) in [7, 11) is 0. The van der Waals surface area contributed by atoms with E-state index in [1.807, 2.05) is 0 Å². The van der Waals surface area contributed by atoms with Crippen LogP contribution in [0.15, 0.2) is 194 Å². The molecule has 2 aromatic heterocycles. The van der Waals surface area contributed by atoms with E-state index in [0.29, 0.717) is 0 Å². The monoisotopic (exact) mass is 684 g/mol. The molecule has 2 nitrogen and oxygen atoms in total. The van der Waals surface area contributed by atoms with E-state index < -0.39 is 0 Å². The summed E-state index contributed by atoms with van der Waals surface area (Å²) in [6.45, 7) is 0. The second-order valence-electron chi connectivity index (χ2n) is 14.1. The van der Waals surface area contributed by atoms with Crippen molar-refractivity contribution in [1.82, 2.24) is 9.97 Å². The van der Waals surface area contributed by atoms with Crippen molar-refractivity contribution in [3.8, 4) is 44.6 Å². The van der Waals surface area contributed by atoms with Crippen molar-refractivity contribution >= 4 is 65.0 Å². The fraction of sp³-hybridized carbons (Fsp3) is 0. The first kappa shape index (κ1) is 30.5. The highest BCUT2D eigenvalue weighted by molar-refractivity contribution is 6.16. The second-order valence-corrected chi connectivity index (χ2v) is 14.1. The molecule has 9 aromatic carbocycles. The maximum atomic E-state index is 5.40. The van der Waals surface area contributed by atoms with E-state index in [0.717, 1.165) is 44.0 Å². The first-order chi connectivity index (χ1) is 26.7. The highest BCUT2D eigenvalue weighted by Crippen LogP contribution is 2.40. The Bertz CT molecular complexity index is 3270. The Morgan fingerprint density at radius 2 is 0.833 bits per heavy atom. The summed E-state index contributed by atoms with van der Waals surface area (Å²) in [5.41, 5.74) is 12.1. The third kappa shape index (κ3) is 4.96. The van der Waals surface area contributed by atoms with E-state index in [-0.39, 0.29) is 0 Å². The van der Waals surface area contributed by atoms with Gasteiger partial charge < -0.3 is 0 Å². The highest BCUT2D eigenvalue weighted by atomic mass is 14.8. The van der Waals surface area contributed by atoms with Crippen LogP contribution in [-0.4, -0.2) is 9.97 Å². The molecule has 0 aliphatic carbocycles. The predicted molar refractivity (Wildman–Crippen MR) is 229 cm³/mol. The summed E-state index contributed by atoms with van der Waals surface area (Å²) in [6.07, 6.45) is 0. The molecule has 11 aromatic rings. The first-order valence-electron chi connectivity index (χ1n) is 18.5. The van der Waals surface area contributed by atoms with Gasteiger partial charge in [0.25, 0.3) is 0 Å². The van der Waals surface area contributed by atoms with Crippen molar-refractivity contribution in [1.29, 1.82) is 0 Å². The summed E-state index contributed by atoms with van der Waals surface area (Å²) in [5.74, 6) is 0. The lowest BCUT2D eigenvalue weighted by molar-refractivity contribution is 1.40. The summed E-state index contributed by atoms with van der Waals surface area (Å²) in [5, 5.41) is 10.7. The normalized spacial score (nSPS) is 11.7. The van der Waals surface area contributed by atoms with Gasteiger partial charge in [-0.05, 0) is 90.5 Å². The van der Waals surface area contributed by atoms with Gasteiger partial charge in [-0.2, -0.15) is 0 Å². The molecule has 0 N–H and O–H groups in total. The minimum atomic E-state index is 0.915. The molecular weight excluding hydrogens is 653 g/mol. The molecule has 0 unspecified atom stereocenters. The van der Waals surface area contributed by atoms with Gasteiger partial charge in [-0.25, -0.2) is 9.97 Å². The van der Waals surface area contributed by atoms with Crippen molar-refractivity contribution in [2.24, 2.45) is 0 Å². The molecule has 0 aliphatic heterocycles. The van der Waals surface area contributed by atoms with E-state index in [1.165, 1.54) is 65.7 Å². The average Bonchev–Trinajstić information content (AvgIpc) is 3.24. The number of rotatable bonds is 4. The molecule has 11 rings (SSSR count). The van der Waals surface area contributed by atoms with E-state index in [1.54, 1.807) is 0 Å². The molecule has 2 heteroatoms. The van der Waals surface area contributed by atoms with Gasteiger partial charge in [0.2, 0.25) is 0 Å². The molecule has 0 bridgehead atoms. The van der Waals surface area contributed by atoms with Crippen molar-refractivity contribution < 1.29 is 0 Å². The van der Waals surface area contributed by atoms with E-state index in [9.17, 15) is 0 Å². The quantitative estimate of drug-likeness (QED) is 0.136. The van der Waals surface area contributed by atoms with Gasteiger partial charge >= 0.3 is 0 Å². The van der Waals surface area contributed by atoms with Gasteiger partial charge in [0.15, 0.2) is 0 Å². The lowest BCUT2D eigenvalue weighted by Gasteiger charge is -2.15. The topological polar surface area (TPSA) is 25.8 Å². The Morgan fingerprint density at radius 3 is 1.63 bits per heavy atom. The third-order valence-electron chi connectivity index (χ3n) is 11.0. The third-order valence-corrected chi connectivity index (χ3v) is 11.0. The van der Waals surface area contributed by atoms with E-state index in [2.05, 4.69) is 194 Å². The number of fused-ring (bicyclic) bond motifs is 7. The van der Waals surface area contributed by atoms with Crippen LogP contribution in [0.3, 0.4) is 0 Å². The molecule has 54 heavy (non-hydrogen) atoms. The Balaban J connectivity index is 1.03. The molecule has 250 valence electrons. The Morgan fingerprint density at radius 1 is 0.278 bits per heavy atom. The Labute approximate surface area is 312 Å². The fourth-order valence-corrected chi connectivity index (χ4v) is 8.34. The largest absolute Gasteiger partial charge is 0.245 e. The smallest absolute Gasteiger partial charge is 0.0978 e. The van der Waals surface area contributed by atoms with Crippen LogP contribution in [0.4, 0.5) is 0 Å². The molecular formula is C52H32N2. The van der Waals surface area contributed by atoms with E-state index >= 15 is 0 Å². The van der Waals surface area contributed by atoms with Crippen LogP contribution >= 0.6 is 0 Å². The van der Waals surface area contributed by atoms with E-state index in [4.69, 9.17) is 9.97 Å². The number of hydrogen-bond donors (Lipinski definition) is 0. The maximum absolute atomic E-state index is 5.40. The first-order valence-corrected chi connectivity index (χ1v) is 18.5. The van der Waals surface area contributed by atoms with Gasteiger partial charge in [0.1, 0.15) is 0 Å². The fourth-order valence-electron chi connectivity index (χ4n) is 8.34. The Hall–Kier alpha value is -7.16. The molecule has 2 heterocycles. The number of aromatic nitrogens is 2. The molecule has 0 spiro atoms. The summed E-state index contributed by atoms with van der Waals surface area (Å²) in [6, 6.07) is 69.9. The standard InChI is InChI=1S/C52H32N2/c1-2-11-34(12-3-1)50-46-16-8-9-17-48(46)54-52-47(50)26-24-35-25-29-49(53-51(35)52)45-28-27-42(43-14-6-7-15-44(43)45)41-23-22-39-31-38(20-21-40(39)32-41)37-19-18-33-10-4-5-13-36(33)30-37/h1-32H. The lowest BCUT2D eigenvalue weighted by atomic mass is 9.91. The van der Waals surface area contributed by atoms with Crippen molar-refractivity contribution in [2.75, 3.05) is 0 Å².